The summed E-state index contributed by atoms with van der Waals surface area (Å²) in [7, 11) is -4.45. The lowest BCUT2D eigenvalue weighted by Gasteiger charge is -2.37. The number of hydrogen-bond acceptors (Lipinski definition) is 3. The molecule has 0 radical (unpaired) electrons. The summed E-state index contributed by atoms with van der Waals surface area (Å²) in [5.41, 5.74) is -0.209. The Hall–Kier alpha value is -1.07. The quantitative estimate of drug-likeness (QED) is 0.774. The lowest BCUT2D eigenvalue weighted by Crippen LogP contribution is -2.51. The molecule has 2 rings (SSSR count). The van der Waals surface area contributed by atoms with Crippen LogP contribution in [0.15, 0.2) is 24.3 Å². The number of hydrogen-bond donors (Lipinski definition) is 2. The number of rotatable bonds is 5. The monoisotopic (exact) mass is 374 g/mol. The van der Waals surface area contributed by atoms with Crippen LogP contribution >= 0.6 is 19.2 Å². The maximum atomic E-state index is 12.6. The topological polar surface area (TPSA) is 81.1 Å². The summed E-state index contributed by atoms with van der Waals surface area (Å²) in [6.07, 6.45) is 0.195. The molecule has 1 atom stereocenters. The zero-order valence-corrected chi connectivity index (χ0v) is 15.6. The highest BCUT2D eigenvalue weighted by Crippen LogP contribution is 2.45. The minimum absolute atomic E-state index is 0.0435. The Morgan fingerprint density at radius 1 is 1.17 bits per heavy atom. The van der Waals surface area contributed by atoms with Gasteiger partial charge in [-0.25, -0.2) is 0 Å². The molecule has 1 saturated heterocycles. The number of amides is 1. The van der Waals surface area contributed by atoms with Gasteiger partial charge in [0, 0.05) is 36.9 Å². The van der Waals surface area contributed by atoms with E-state index in [9.17, 15) is 19.1 Å². The van der Waals surface area contributed by atoms with Gasteiger partial charge in [0.15, 0.2) is 0 Å². The molecule has 0 saturated carbocycles. The van der Waals surface area contributed by atoms with Crippen molar-refractivity contribution in [1.29, 1.82) is 0 Å². The van der Waals surface area contributed by atoms with Gasteiger partial charge < -0.3 is 19.6 Å². The summed E-state index contributed by atoms with van der Waals surface area (Å²) in [5, 5.41) is 0.672. The normalized spacial score (nSPS) is 17.2. The zero-order chi connectivity index (χ0) is 17.9. The Morgan fingerprint density at radius 2 is 1.71 bits per heavy atom. The van der Waals surface area contributed by atoms with E-state index in [1.807, 2.05) is 38.1 Å². The fraction of sp³-hybridized carbons (Fsp3) is 0.562. The van der Waals surface area contributed by atoms with Gasteiger partial charge >= 0.3 is 7.60 Å². The third kappa shape index (κ3) is 4.96. The van der Waals surface area contributed by atoms with E-state index in [4.69, 9.17) is 11.6 Å². The molecule has 1 heterocycles. The van der Waals surface area contributed by atoms with Crippen molar-refractivity contribution in [3.8, 4) is 0 Å². The van der Waals surface area contributed by atoms with Gasteiger partial charge in [-0.05, 0) is 36.6 Å². The lowest BCUT2D eigenvalue weighted by atomic mass is 10.1. The molecule has 0 spiro atoms. The van der Waals surface area contributed by atoms with Gasteiger partial charge in [-0.3, -0.25) is 9.36 Å². The Morgan fingerprint density at radius 3 is 2.17 bits per heavy atom. The van der Waals surface area contributed by atoms with Crippen LogP contribution in [0.3, 0.4) is 0 Å². The fourth-order valence-electron chi connectivity index (χ4n) is 2.88. The molecule has 1 aliphatic rings. The average molecular weight is 375 g/mol. The number of nitrogens with zero attached hydrogens (tertiary/aromatic N) is 2. The van der Waals surface area contributed by atoms with Crippen LogP contribution < -0.4 is 4.90 Å². The highest BCUT2D eigenvalue weighted by molar-refractivity contribution is 7.53. The van der Waals surface area contributed by atoms with Crippen LogP contribution in [0.1, 0.15) is 20.3 Å². The first-order valence-electron chi connectivity index (χ1n) is 8.03. The van der Waals surface area contributed by atoms with Crippen molar-refractivity contribution in [2.75, 3.05) is 31.1 Å². The molecule has 1 unspecified atom stereocenters. The molecule has 1 aliphatic heterocycles. The molecule has 8 heteroatoms. The molecular formula is C16H24ClN2O4P. The predicted octanol–water partition coefficient (Wildman–Crippen LogP) is 2.58. The first-order chi connectivity index (χ1) is 11.2. The Labute approximate surface area is 147 Å². The van der Waals surface area contributed by atoms with Crippen LogP contribution in [-0.2, 0) is 9.36 Å². The first kappa shape index (κ1) is 19.3. The van der Waals surface area contributed by atoms with Crippen LogP contribution in [0.5, 0.6) is 0 Å². The summed E-state index contributed by atoms with van der Waals surface area (Å²) in [4.78, 5) is 35.3. The van der Waals surface area contributed by atoms with Crippen molar-refractivity contribution in [1.82, 2.24) is 4.90 Å². The van der Waals surface area contributed by atoms with E-state index in [-0.39, 0.29) is 12.3 Å². The number of benzene rings is 1. The van der Waals surface area contributed by atoms with Gasteiger partial charge in [0.05, 0.1) is 0 Å². The van der Waals surface area contributed by atoms with Crippen LogP contribution in [0.4, 0.5) is 5.69 Å². The summed E-state index contributed by atoms with van der Waals surface area (Å²) >= 11 is 5.89. The Balaban J connectivity index is 2.00. The third-order valence-electron chi connectivity index (χ3n) is 4.17. The van der Waals surface area contributed by atoms with Gasteiger partial charge in [0.2, 0.25) is 5.91 Å². The van der Waals surface area contributed by atoms with Crippen LogP contribution in [-0.4, -0.2) is 52.4 Å². The standard InChI is InChI=1S/C16H24ClN2O4P/c1-12(2)11-15(24(21,22)23)16(20)19-9-7-18(8-10-19)14-5-3-13(17)4-6-14/h3-6,12,15H,7-11H2,1-2H3,(H2,21,22,23). The van der Waals surface area contributed by atoms with E-state index in [1.54, 1.807) is 4.90 Å². The third-order valence-corrected chi connectivity index (χ3v) is 5.66. The maximum absolute atomic E-state index is 12.6. The molecule has 134 valence electrons. The Kier molecular flexibility index (Phi) is 6.32. The second-order valence-corrected chi connectivity index (χ2v) is 8.76. The second kappa shape index (κ2) is 7.87. The van der Waals surface area contributed by atoms with E-state index in [0.717, 1.165) is 5.69 Å². The zero-order valence-electron chi connectivity index (χ0n) is 13.9. The second-order valence-electron chi connectivity index (χ2n) is 6.52. The van der Waals surface area contributed by atoms with Gasteiger partial charge in [-0.1, -0.05) is 25.4 Å². The number of anilines is 1. The molecule has 24 heavy (non-hydrogen) atoms. The van der Waals surface area contributed by atoms with Gasteiger partial charge in [0.25, 0.3) is 0 Å². The van der Waals surface area contributed by atoms with E-state index in [1.165, 1.54) is 0 Å². The van der Waals surface area contributed by atoms with Crippen molar-refractivity contribution < 1.29 is 19.1 Å². The molecule has 2 N–H and O–H groups in total. The van der Waals surface area contributed by atoms with Crippen molar-refractivity contribution in [2.24, 2.45) is 5.92 Å². The van der Waals surface area contributed by atoms with Crippen LogP contribution in [0.25, 0.3) is 0 Å². The molecule has 1 aromatic carbocycles. The molecule has 1 amide bonds. The van der Waals surface area contributed by atoms with Crippen molar-refractivity contribution in [3.05, 3.63) is 29.3 Å². The molecule has 1 aromatic rings. The number of halogens is 1. The highest BCUT2D eigenvalue weighted by Gasteiger charge is 2.39. The lowest BCUT2D eigenvalue weighted by molar-refractivity contribution is -0.131. The van der Waals surface area contributed by atoms with E-state index in [0.29, 0.717) is 31.2 Å². The summed E-state index contributed by atoms with van der Waals surface area (Å²) in [5.74, 6) is -0.394. The highest BCUT2D eigenvalue weighted by atomic mass is 35.5. The molecular weight excluding hydrogens is 351 g/mol. The van der Waals surface area contributed by atoms with Gasteiger partial charge in [-0.15, -0.1) is 0 Å². The van der Waals surface area contributed by atoms with E-state index < -0.39 is 19.2 Å². The van der Waals surface area contributed by atoms with Crippen LogP contribution in [0, 0.1) is 5.92 Å². The Bertz CT molecular complexity index is 609. The van der Waals surface area contributed by atoms with Crippen molar-refractivity contribution in [3.63, 3.8) is 0 Å². The SMILES string of the molecule is CC(C)CC(C(=O)N1CCN(c2ccc(Cl)cc2)CC1)P(=O)(O)O. The predicted molar refractivity (Wildman–Crippen MR) is 95.5 cm³/mol. The fourth-order valence-corrected chi connectivity index (χ4v) is 4.15. The molecule has 6 nitrogen and oxygen atoms in total. The smallest absolute Gasteiger partial charge is 0.337 e. The molecule has 1 fully saturated rings. The molecule has 0 bridgehead atoms. The summed E-state index contributed by atoms with van der Waals surface area (Å²) in [6.45, 7) is 5.88. The number of piperazine rings is 1. The minimum atomic E-state index is -4.45. The van der Waals surface area contributed by atoms with E-state index in [2.05, 4.69) is 4.90 Å². The first-order valence-corrected chi connectivity index (χ1v) is 10.1. The van der Waals surface area contributed by atoms with Crippen molar-refractivity contribution in [2.45, 2.75) is 25.9 Å². The maximum Gasteiger partial charge on any atom is 0.337 e. The molecule has 0 aliphatic carbocycles. The van der Waals surface area contributed by atoms with Gasteiger partial charge in [0.1, 0.15) is 5.66 Å². The van der Waals surface area contributed by atoms with Gasteiger partial charge in [-0.2, -0.15) is 0 Å². The summed E-state index contributed by atoms with van der Waals surface area (Å²) in [6, 6.07) is 7.50. The average Bonchev–Trinajstić information content (AvgIpc) is 2.52. The number of carbonyl (C=O) groups excluding carboxylic acids is 1. The summed E-state index contributed by atoms with van der Waals surface area (Å²) < 4.78 is 11.7. The minimum Gasteiger partial charge on any atom is -0.368 e. The van der Waals surface area contributed by atoms with Crippen molar-refractivity contribution >= 4 is 30.8 Å². The molecule has 0 aromatic heterocycles. The largest absolute Gasteiger partial charge is 0.368 e. The van der Waals surface area contributed by atoms with Crippen LogP contribution in [0.2, 0.25) is 5.02 Å². The number of carbonyl (C=O) groups is 1. The van der Waals surface area contributed by atoms with E-state index >= 15 is 0 Å².